The number of rotatable bonds is 2. The maximum absolute atomic E-state index is 11.9. The monoisotopic (exact) mass is 287 g/mol. The van der Waals surface area contributed by atoms with Gasteiger partial charge in [-0.25, -0.2) is 8.42 Å². The number of hydrogen-bond donors (Lipinski definition) is 1. The second-order valence-electron chi connectivity index (χ2n) is 4.53. The van der Waals surface area contributed by atoms with Gasteiger partial charge in [0, 0.05) is 11.8 Å². The molecule has 20 heavy (non-hydrogen) atoms. The molecular formula is C14H13N3O2S. The molecule has 5 nitrogen and oxygen atoms in total. The Bertz CT molecular complexity index is 798. The molecule has 0 saturated carbocycles. The van der Waals surface area contributed by atoms with E-state index in [4.69, 9.17) is 0 Å². The van der Waals surface area contributed by atoms with E-state index < -0.39 is 10.0 Å². The zero-order chi connectivity index (χ0) is 14.2. The minimum Gasteiger partial charge on any atom is -0.263 e. The lowest BCUT2D eigenvalue weighted by Gasteiger charge is -2.02. The number of aliphatic imine (C=N–C) groups is 1. The number of hydrogen-bond acceptors (Lipinski definition) is 4. The van der Waals surface area contributed by atoms with Crippen LogP contribution in [0.15, 0.2) is 52.5 Å². The summed E-state index contributed by atoms with van der Waals surface area (Å²) in [5.74, 6) is 0.380. The molecule has 0 spiro atoms. The summed E-state index contributed by atoms with van der Waals surface area (Å²) in [4.78, 5) is 8.88. The van der Waals surface area contributed by atoms with Crippen LogP contribution in [0.2, 0.25) is 0 Å². The van der Waals surface area contributed by atoms with Crippen LogP contribution in [0.4, 0.5) is 0 Å². The number of amidine groups is 1. The van der Waals surface area contributed by atoms with E-state index >= 15 is 0 Å². The molecule has 0 radical (unpaired) electrons. The van der Waals surface area contributed by atoms with Crippen molar-refractivity contribution in [3.63, 3.8) is 0 Å². The lowest BCUT2D eigenvalue weighted by molar-refractivity contribution is 0.595. The Hall–Kier alpha value is -2.21. The van der Waals surface area contributed by atoms with Gasteiger partial charge in [0.2, 0.25) is 0 Å². The average Bonchev–Trinajstić information content (AvgIpc) is 2.70. The Labute approximate surface area is 117 Å². The van der Waals surface area contributed by atoms with Crippen LogP contribution in [0, 0.1) is 6.92 Å². The first-order chi connectivity index (χ1) is 9.58. The first kappa shape index (κ1) is 12.8. The van der Waals surface area contributed by atoms with Crippen LogP contribution in [0.1, 0.15) is 16.8 Å². The van der Waals surface area contributed by atoms with Crippen molar-refractivity contribution >= 4 is 15.9 Å². The van der Waals surface area contributed by atoms with Crippen LogP contribution in [-0.2, 0) is 16.6 Å². The highest BCUT2D eigenvalue weighted by Crippen LogP contribution is 2.22. The van der Waals surface area contributed by atoms with E-state index in [1.54, 1.807) is 30.5 Å². The molecule has 6 heteroatoms. The summed E-state index contributed by atoms with van der Waals surface area (Å²) < 4.78 is 26.3. The Kier molecular flexibility index (Phi) is 3.02. The second-order valence-corrected chi connectivity index (χ2v) is 6.18. The summed E-state index contributed by atoms with van der Waals surface area (Å²) in [6.07, 6.45) is 1.70. The highest BCUT2D eigenvalue weighted by molar-refractivity contribution is 7.90. The van der Waals surface area contributed by atoms with Gasteiger partial charge >= 0.3 is 0 Å². The van der Waals surface area contributed by atoms with Crippen LogP contribution in [-0.4, -0.2) is 19.2 Å². The maximum atomic E-state index is 11.9. The van der Waals surface area contributed by atoms with E-state index in [-0.39, 0.29) is 4.90 Å². The minimum absolute atomic E-state index is 0.275. The lowest BCUT2D eigenvalue weighted by Crippen LogP contribution is -2.22. The molecule has 3 rings (SSSR count). The van der Waals surface area contributed by atoms with Crippen LogP contribution < -0.4 is 4.72 Å². The third kappa shape index (κ3) is 2.18. The molecule has 2 heterocycles. The number of nitrogens with zero attached hydrogens (tertiary/aromatic N) is 2. The third-order valence-corrected chi connectivity index (χ3v) is 4.56. The SMILES string of the molecule is Cc1cccnc1CN=C1NS(=O)(=O)c2ccccc21. The smallest absolute Gasteiger partial charge is 0.263 e. The Balaban J connectivity index is 1.97. The van der Waals surface area contributed by atoms with Crippen molar-refractivity contribution in [2.75, 3.05) is 0 Å². The summed E-state index contributed by atoms with van der Waals surface area (Å²) in [5, 5.41) is 0. The number of aromatic nitrogens is 1. The van der Waals surface area contributed by atoms with Gasteiger partial charge in [-0.05, 0) is 30.7 Å². The summed E-state index contributed by atoms with van der Waals surface area (Å²) in [5.41, 5.74) is 2.48. The quantitative estimate of drug-likeness (QED) is 0.912. The minimum atomic E-state index is -3.47. The summed E-state index contributed by atoms with van der Waals surface area (Å²) in [7, 11) is -3.47. The second kappa shape index (κ2) is 4.72. The van der Waals surface area contributed by atoms with Gasteiger partial charge in [0.25, 0.3) is 10.0 Å². The number of pyridine rings is 1. The van der Waals surface area contributed by atoms with Crippen molar-refractivity contribution < 1.29 is 8.42 Å². The molecule has 0 atom stereocenters. The Morgan fingerprint density at radius 1 is 1.20 bits per heavy atom. The molecule has 102 valence electrons. The first-order valence-corrected chi connectivity index (χ1v) is 7.63. The standard InChI is InChI=1S/C14H13N3O2S/c1-10-5-4-8-15-12(10)9-16-14-11-6-2-3-7-13(11)20(18,19)17-14/h2-8H,9H2,1H3,(H,16,17). The molecule has 0 saturated heterocycles. The van der Waals surface area contributed by atoms with E-state index in [1.807, 2.05) is 19.1 Å². The number of aryl methyl sites for hydroxylation is 1. The molecule has 1 N–H and O–H groups in total. The predicted octanol–water partition coefficient (Wildman–Crippen LogP) is 1.63. The van der Waals surface area contributed by atoms with E-state index in [1.165, 1.54) is 0 Å². The number of benzene rings is 1. The normalized spacial score (nSPS) is 17.8. The van der Waals surface area contributed by atoms with Crippen molar-refractivity contribution in [1.29, 1.82) is 0 Å². The largest absolute Gasteiger partial charge is 0.263 e. The molecule has 1 aliphatic heterocycles. The lowest BCUT2D eigenvalue weighted by atomic mass is 10.2. The van der Waals surface area contributed by atoms with Gasteiger partial charge in [-0.2, -0.15) is 0 Å². The van der Waals surface area contributed by atoms with Crippen molar-refractivity contribution in [3.8, 4) is 0 Å². The average molecular weight is 287 g/mol. The molecule has 0 amide bonds. The summed E-state index contributed by atoms with van der Waals surface area (Å²) >= 11 is 0. The fourth-order valence-corrected chi connectivity index (χ4v) is 3.34. The van der Waals surface area contributed by atoms with E-state index in [2.05, 4.69) is 14.7 Å². The molecule has 1 aromatic heterocycles. The summed E-state index contributed by atoms with van der Waals surface area (Å²) in [6.45, 7) is 2.30. The maximum Gasteiger partial charge on any atom is 0.263 e. The van der Waals surface area contributed by atoms with Gasteiger partial charge in [0.15, 0.2) is 0 Å². The zero-order valence-corrected chi connectivity index (χ0v) is 11.7. The zero-order valence-electron chi connectivity index (χ0n) is 10.9. The van der Waals surface area contributed by atoms with Crippen LogP contribution in [0.5, 0.6) is 0 Å². The van der Waals surface area contributed by atoms with Crippen molar-refractivity contribution in [1.82, 2.24) is 9.71 Å². The van der Waals surface area contributed by atoms with Gasteiger partial charge in [-0.1, -0.05) is 18.2 Å². The molecule has 0 bridgehead atoms. The molecule has 1 aliphatic rings. The topological polar surface area (TPSA) is 71.4 Å². The molecule has 0 aliphatic carbocycles. The first-order valence-electron chi connectivity index (χ1n) is 6.15. The molecule has 1 aromatic carbocycles. The predicted molar refractivity (Wildman–Crippen MR) is 76.0 cm³/mol. The van der Waals surface area contributed by atoms with E-state index in [0.29, 0.717) is 17.9 Å². The Morgan fingerprint density at radius 3 is 2.80 bits per heavy atom. The summed E-state index contributed by atoms with van der Waals surface area (Å²) in [6, 6.07) is 10.6. The van der Waals surface area contributed by atoms with Crippen LogP contribution in [0.3, 0.4) is 0 Å². The van der Waals surface area contributed by atoms with Crippen LogP contribution >= 0.6 is 0 Å². The van der Waals surface area contributed by atoms with Gasteiger partial charge in [0.1, 0.15) is 5.84 Å². The van der Waals surface area contributed by atoms with Gasteiger partial charge in [0.05, 0.1) is 17.1 Å². The fraction of sp³-hybridized carbons (Fsp3) is 0.143. The van der Waals surface area contributed by atoms with Crippen molar-refractivity contribution in [3.05, 3.63) is 59.4 Å². The van der Waals surface area contributed by atoms with Gasteiger partial charge < -0.3 is 0 Å². The molecule has 0 unspecified atom stereocenters. The van der Waals surface area contributed by atoms with Gasteiger partial charge in [-0.15, -0.1) is 0 Å². The number of sulfonamides is 1. The third-order valence-electron chi connectivity index (χ3n) is 3.17. The van der Waals surface area contributed by atoms with E-state index in [9.17, 15) is 8.42 Å². The highest BCUT2D eigenvalue weighted by Gasteiger charge is 2.29. The van der Waals surface area contributed by atoms with Crippen molar-refractivity contribution in [2.45, 2.75) is 18.4 Å². The van der Waals surface area contributed by atoms with Gasteiger partial charge in [-0.3, -0.25) is 14.7 Å². The van der Waals surface area contributed by atoms with Crippen LogP contribution in [0.25, 0.3) is 0 Å². The Morgan fingerprint density at radius 2 is 2.00 bits per heavy atom. The number of nitrogens with one attached hydrogen (secondary N) is 1. The fourth-order valence-electron chi connectivity index (χ4n) is 2.09. The highest BCUT2D eigenvalue weighted by atomic mass is 32.2. The molecule has 0 fully saturated rings. The van der Waals surface area contributed by atoms with E-state index in [0.717, 1.165) is 11.3 Å². The number of fused-ring (bicyclic) bond motifs is 1. The van der Waals surface area contributed by atoms with Crippen molar-refractivity contribution in [2.24, 2.45) is 4.99 Å². The molecular weight excluding hydrogens is 274 g/mol. The molecule has 2 aromatic rings.